The van der Waals surface area contributed by atoms with E-state index in [2.05, 4.69) is 28.7 Å². The summed E-state index contributed by atoms with van der Waals surface area (Å²) in [7, 11) is 0. The molecule has 2 atom stereocenters. The van der Waals surface area contributed by atoms with Gasteiger partial charge in [0.25, 0.3) is 0 Å². The van der Waals surface area contributed by atoms with E-state index in [4.69, 9.17) is 0 Å². The SMILES string of the molecule is CCCCNC(=O)C1CCC(C)N(C(=O)Nc2cccc(Cn3nc(C)cc3C)c2)C1. The van der Waals surface area contributed by atoms with Crippen LogP contribution in [0.4, 0.5) is 10.5 Å². The maximum atomic E-state index is 13.0. The summed E-state index contributed by atoms with van der Waals surface area (Å²) >= 11 is 0. The molecule has 1 saturated heterocycles. The van der Waals surface area contributed by atoms with E-state index < -0.39 is 0 Å². The van der Waals surface area contributed by atoms with Crippen molar-refractivity contribution in [3.8, 4) is 0 Å². The molecule has 0 aliphatic carbocycles. The van der Waals surface area contributed by atoms with Gasteiger partial charge in [0.15, 0.2) is 0 Å². The highest BCUT2D eigenvalue weighted by molar-refractivity contribution is 5.90. The van der Waals surface area contributed by atoms with Crippen molar-refractivity contribution in [1.82, 2.24) is 20.0 Å². The highest BCUT2D eigenvalue weighted by atomic mass is 16.2. The number of anilines is 1. The fraction of sp³-hybridized carbons (Fsp3) is 0.542. The van der Waals surface area contributed by atoms with Gasteiger partial charge < -0.3 is 15.5 Å². The lowest BCUT2D eigenvalue weighted by Gasteiger charge is -2.37. The molecule has 1 fully saturated rings. The third-order valence-electron chi connectivity index (χ3n) is 5.96. The summed E-state index contributed by atoms with van der Waals surface area (Å²) in [5.74, 6) is -0.0822. The zero-order chi connectivity index (χ0) is 22.4. The minimum Gasteiger partial charge on any atom is -0.356 e. The number of piperidine rings is 1. The first-order valence-corrected chi connectivity index (χ1v) is 11.3. The standard InChI is InChI=1S/C24H35N5O2/c1-5-6-12-25-23(30)21-11-10-18(3)28(16-21)24(31)26-22-9-7-8-20(14-22)15-29-19(4)13-17(2)27-29/h7-9,13-14,18,21H,5-6,10-12,15-16H2,1-4H3,(H,25,30)(H,26,31). The first kappa shape index (κ1) is 22.8. The molecule has 0 saturated carbocycles. The summed E-state index contributed by atoms with van der Waals surface area (Å²) in [5, 5.41) is 10.5. The van der Waals surface area contributed by atoms with E-state index in [1.807, 2.05) is 49.7 Å². The highest BCUT2D eigenvalue weighted by Crippen LogP contribution is 2.23. The number of carbonyl (C=O) groups is 2. The quantitative estimate of drug-likeness (QED) is 0.656. The predicted octanol–water partition coefficient (Wildman–Crippen LogP) is 4.10. The van der Waals surface area contributed by atoms with Crippen molar-refractivity contribution in [2.24, 2.45) is 5.92 Å². The predicted molar refractivity (Wildman–Crippen MR) is 123 cm³/mol. The van der Waals surface area contributed by atoms with Crippen LogP contribution < -0.4 is 10.6 Å². The van der Waals surface area contributed by atoms with Crippen molar-refractivity contribution >= 4 is 17.6 Å². The number of urea groups is 1. The second kappa shape index (κ2) is 10.5. The molecule has 7 nitrogen and oxygen atoms in total. The normalized spacial score (nSPS) is 18.6. The number of aryl methyl sites for hydroxylation is 2. The number of aromatic nitrogens is 2. The van der Waals surface area contributed by atoms with Crippen molar-refractivity contribution < 1.29 is 9.59 Å². The smallest absolute Gasteiger partial charge is 0.322 e. The Kier molecular flexibility index (Phi) is 7.71. The van der Waals surface area contributed by atoms with E-state index in [0.717, 1.165) is 48.3 Å². The Balaban J connectivity index is 1.62. The number of unbranched alkanes of at least 4 members (excludes halogenated alkanes) is 1. The number of nitrogens with zero attached hydrogens (tertiary/aromatic N) is 3. The van der Waals surface area contributed by atoms with Crippen LogP contribution in [-0.2, 0) is 11.3 Å². The molecule has 1 aliphatic heterocycles. The fourth-order valence-electron chi connectivity index (χ4n) is 4.09. The van der Waals surface area contributed by atoms with Gasteiger partial charge >= 0.3 is 6.03 Å². The van der Waals surface area contributed by atoms with Crippen LogP contribution in [-0.4, -0.2) is 45.8 Å². The number of nitrogens with one attached hydrogen (secondary N) is 2. The molecule has 1 aliphatic rings. The minimum absolute atomic E-state index is 0.0602. The molecule has 2 unspecified atom stereocenters. The molecule has 1 aromatic carbocycles. The van der Waals surface area contributed by atoms with Gasteiger partial charge in [-0.2, -0.15) is 5.10 Å². The van der Waals surface area contributed by atoms with Gasteiger partial charge in [0.2, 0.25) is 5.91 Å². The van der Waals surface area contributed by atoms with Crippen LogP contribution in [0.25, 0.3) is 0 Å². The number of carbonyl (C=O) groups excluding carboxylic acids is 2. The molecule has 2 N–H and O–H groups in total. The molecule has 3 amide bonds. The summed E-state index contributed by atoms with van der Waals surface area (Å²) in [5.41, 5.74) is 3.93. The first-order valence-electron chi connectivity index (χ1n) is 11.3. The van der Waals surface area contributed by atoms with Crippen molar-refractivity contribution in [2.75, 3.05) is 18.4 Å². The van der Waals surface area contributed by atoms with E-state index in [1.165, 1.54) is 0 Å². The van der Waals surface area contributed by atoms with E-state index in [1.54, 1.807) is 4.90 Å². The van der Waals surface area contributed by atoms with Gasteiger partial charge in [-0.05, 0) is 63.8 Å². The Morgan fingerprint density at radius 2 is 2.00 bits per heavy atom. The third-order valence-corrected chi connectivity index (χ3v) is 5.96. The van der Waals surface area contributed by atoms with Gasteiger partial charge in [0.05, 0.1) is 18.2 Å². The maximum absolute atomic E-state index is 13.0. The lowest BCUT2D eigenvalue weighted by atomic mass is 9.93. The zero-order valence-corrected chi connectivity index (χ0v) is 19.1. The van der Waals surface area contributed by atoms with Crippen LogP contribution in [0, 0.1) is 19.8 Å². The van der Waals surface area contributed by atoms with Crippen LogP contribution in [0.5, 0.6) is 0 Å². The topological polar surface area (TPSA) is 79.3 Å². The molecule has 0 radical (unpaired) electrons. The van der Waals surface area contributed by atoms with Crippen molar-refractivity contribution in [3.05, 3.63) is 47.3 Å². The lowest BCUT2D eigenvalue weighted by molar-refractivity contribution is -0.126. The van der Waals surface area contributed by atoms with Gasteiger partial charge in [-0.15, -0.1) is 0 Å². The summed E-state index contributed by atoms with van der Waals surface area (Å²) < 4.78 is 1.96. The highest BCUT2D eigenvalue weighted by Gasteiger charge is 2.32. The van der Waals surface area contributed by atoms with Crippen LogP contribution in [0.2, 0.25) is 0 Å². The van der Waals surface area contributed by atoms with E-state index in [-0.39, 0.29) is 23.9 Å². The molecule has 3 rings (SSSR count). The largest absolute Gasteiger partial charge is 0.356 e. The van der Waals surface area contributed by atoms with Gasteiger partial charge in [-0.25, -0.2) is 4.79 Å². The van der Waals surface area contributed by atoms with Crippen molar-refractivity contribution in [3.63, 3.8) is 0 Å². The summed E-state index contributed by atoms with van der Waals surface area (Å²) in [6, 6.07) is 9.87. The number of rotatable bonds is 7. The summed E-state index contributed by atoms with van der Waals surface area (Å²) in [4.78, 5) is 27.3. The molecule has 2 heterocycles. The second-order valence-corrected chi connectivity index (χ2v) is 8.64. The lowest BCUT2D eigenvalue weighted by Crippen LogP contribution is -2.50. The zero-order valence-electron chi connectivity index (χ0n) is 19.1. The molecular formula is C24H35N5O2. The van der Waals surface area contributed by atoms with Gasteiger partial charge in [0, 0.05) is 30.5 Å². The first-order chi connectivity index (χ1) is 14.9. The second-order valence-electron chi connectivity index (χ2n) is 8.64. The van der Waals surface area contributed by atoms with E-state index in [0.29, 0.717) is 19.6 Å². The van der Waals surface area contributed by atoms with Crippen molar-refractivity contribution in [2.45, 2.75) is 66.0 Å². The van der Waals surface area contributed by atoms with Crippen LogP contribution in [0.3, 0.4) is 0 Å². The molecule has 1 aromatic heterocycles. The molecule has 0 bridgehead atoms. The van der Waals surface area contributed by atoms with Gasteiger partial charge in [0.1, 0.15) is 0 Å². The monoisotopic (exact) mass is 425 g/mol. The molecule has 31 heavy (non-hydrogen) atoms. The Morgan fingerprint density at radius 3 is 2.71 bits per heavy atom. The molecule has 0 spiro atoms. The molecule has 7 heteroatoms. The minimum atomic E-state index is -0.151. The Morgan fingerprint density at radius 1 is 1.19 bits per heavy atom. The van der Waals surface area contributed by atoms with Gasteiger partial charge in [-0.1, -0.05) is 25.5 Å². The van der Waals surface area contributed by atoms with Crippen LogP contribution in [0.1, 0.15) is 56.5 Å². The van der Waals surface area contributed by atoms with Crippen LogP contribution >= 0.6 is 0 Å². The third kappa shape index (κ3) is 6.09. The average Bonchev–Trinajstić information content (AvgIpc) is 3.05. The number of hydrogen-bond acceptors (Lipinski definition) is 3. The van der Waals surface area contributed by atoms with E-state index in [9.17, 15) is 9.59 Å². The molecule has 2 aromatic rings. The molecular weight excluding hydrogens is 390 g/mol. The number of amides is 3. The Hall–Kier alpha value is -2.83. The fourth-order valence-corrected chi connectivity index (χ4v) is 4.09. The van der Waals surface area contributed by atoms with Gasteiger partial charge in [-0.3, -0.25) is 9.48 Å². The van der Waals surface area contributed by atoms with Crippen molar-refractivity contribution in [1.29, 1.82) is 0 Å². The summed E-state index contributed by atoms with van der Waals surface area (Å²) in [6.45, 7) is 9.99. The Bertz CT molecular complexity index is 907. The maximum Gasteiger partial charge on any atom is 0.322 e. The van der Waals surface area contributed by atoms with E-state index >= 15 is 0 Å². The molecule has 168 valence electrons. The summed E-state index contributed by atoms with van der Waals surface area (Å²) in [6.07, 6.45) is 3.68. The number of likely N-dealkylation sites (tertiary alicyclic amines) is 1. The average molecular weight is 426 g/mol. The Labute approximate surface area is 185 Å². The number of benzene rings is 1. The number of hydrogen-bond donors (Lipinski definition) is 2. The van der Waals surface area contributed by atoms with Crippen LogP contribution in [0.15, 0.2) is 30.3 Å².